The van der Waals surface area contributed by atoms with E-state index in [4.69, 9.17) is 16.3 Å². The second-order valence-corrected chi connectivity index (χ2v) is 7.06. The average Bonchev–Trinajstić information content (AvgIpc) is 2.68. The summed E-state index contributed by atoms with van der Waals surface area (Å²) in [5.41, 5.74) is 1.56. The summed E-state index contributed by atoms with van der Waals surface area (Å²) in [7, 11) is 0. The highest BCUT2D eigenvalue weighted by molar-refractivity contribution is 9.10. The molecule has 0 spiro atoms. The molecule has 0 saturated carbocycles. The van der Waals surface area contributed by atoms with Crippen LogP contribution in [0.15, 0.2) is 76.2 Å². The SMILES string of the molecule is O=C(COc1ccc(C=Nc2ccc(Br)cc2F)cc1)Nc1ccccc1Cl. The number of ether oxygens (including phenoxy) is 1. The van der Waals surface area contributed by atoms with Crippen molar-refractivity contribution in [3.63, 3.8) is 0 Å². The predicted octanol–water partition coefficient (Wildman–Crippen LogP) is 6.01. The number of carbonyl (C=O) groups is 1. The number of nitrogens with zero attached hydrogens (tertiary/aromatic N) is 1. The van der Waals surface area contributed by atoms with Crippen molar-refractivity contribution >= 4 is 51.0 Å². The Morgan fingerprint density at radius 2 is 1.89 bits per heavy atom. The number of anilines is 1. The van der Waals surface area contributed by atoms with Crippen molar-refractivity contribution in [2.75, 3.05) is 11.9 Å². The molecule has 0 unspecified atom stereocenters. The van der Waals surface area contributed by atoms with Gasteiger partial charge in [0.05, 0.1) is 16.4 Å². The van der Waals surface area contributed by atoms with E-state index in [0.29, 0.717) is 20.9 Å². The minimum absolute atomic E-state index is 0.150. The van der Waals surface area contributed by atoms with Crippen LogP contribution in [0.25, 0.3) is 0 Å². The van der Waals surface area contributed by atoms with Gasteiger partial charge in [-0.2, -0.15) is 0 Å². The van der Waals surface area contributed by atoms with Crippen LogP contribution in [0.3, 0.4) is 0 Å². The van der Waals surface area contributed by atoms with E-state index in [2.05, 4.69) is 26.2 Å². The Balaban J connectivity index is 1.55. The van der Waals surface area contributed by atoms with Gasteiger partial charge in [-0.15, -0.1) is 0 Å². The number of carbonyl (C=O) groups excluding carboxylic acids is 1. The topological polar surface area (TPSA) is 50.7 Å². The summed E-state index contributed by atoms with van der Waals surface area (Å²) in [6, 6.07) is 18.6. The first-order chi connectivity index (χ1) is 13.5. The lowest BCUT2D eigenvalue weighted by Gasteiger charge is -2.08. The Kier molecular flexibility index (Phi) is 6.79. The van der Waals surface area contributed by atoms with Crippen molar-refractivity contribution in [3.8, 4) is 5.75 Å². The number of nitrogens with one attached hydrogen (secondary N) is 1. The van der Waals surface area contributed by atoms with E-state index in [0.717, 1.165) is 5.56 Å². The maximum absolute atomic E-state index is 13.8. The lowest BCUT2D eigenvalue weighted by Crippen LogP contribution is -2.20. The molecule has 3 aromatic carbocycles. The minimum Gasteiger partial charge on any atom is -0.484 e. The van der Waals surface area contributed by atoms with E-state index in [1.165, 1.54) is 6.07 Å². The zero-order valence-electron chi connectivity index (χ0n) is 14.5. The van der Waals surface area contributed by atoms with E-state index in [9.17, 15) is 9.18 Å². The van der Waals surface area contributed by atoms with Gasteiger partial charge in [-0.05, 0) is 60.2 Å². The molecule has 0 aliphatic carbocycles. The normalized spacial score (nSPS) is 10.8. The van der Waals surface area contributed by atoms with Crippen LogP contribution in [0.2, 0.25) is 5.02 Å². The van der Waals surface area contributed by atoms with Crippen LogP contribution in [0.5, 0.6) is 5.75 Å². The molecule has 0 atom stereocenters. The number of amides is 1. The largest absolute Gasteiger partial charge is 0.484 e. The summed E-state index contributed by atoms with van der Waals surface area (Å²) in [5, 5.41) is 3.14. The first-order valence-corrected chi connectivity index (χ1v) is 9.45. The molecule has 0 aliphatic heterocycles. The van der Waals surface area contributed by atoms with Crippen LogP contribution in [-0.4, -0.2) is 18.7 Å². The van der Waals surface area contributed by atoms with Crippen LogP contribution in [-0.2, 0) is 4.79 Å². The fourth-order valence-corrected chi connectivity index (χ4v) is 2.79. The molecule has 1 amide bonds. The van der Waals surface area contributed by atoms with Gasteiger partial charge in [-0.25, -0.2) is 4.39 Å². The van der Waals surface area contributed by atoms with Crippen molar-refractivity contribution in [1.82, 2.24) is 0 Å². The fourth-order valence-electron chi connectivity index (χ4n) is 2.28. The summed E-state index contributed by atoms with van der Waals surface area (Å²) < 4.78 is 19.9. The zero-order chi connectivity index (χ0) is 19.9. The van der Waals surface area contributed by atoms with Crippen LogP contribution < -0.4 is 10.1 Å². The van der Waals surface area contributed by atoms with Crippen molar-refractivity contribution < 1.29 is 13.9 Å². The Bertz CT molecular complexity index is 1010. The second-order valence-electron chi connectivity index (χ2n) is 5.74. The zero-order valence-corrected chi connectivity index (χ0v) is 16.9. The van der Waals surface area contributed by atoms with E-state index >= 15 is 0 Å². The lowest BCUT2D eigenvalue weighted by molar-refractivity contribution is -0.118. The Hall–Kier alpha value is -2.70. The first kappa shape index (κ1) is 20.0. The Morgan fingerprint density at radius 1 is 1.14 bits per heavy atom. The number of hydrogen-bond donors (Lipinski definition) is 1. The van der Waals surface area contributed by atoms with Gasteiger partial charge in [-0.1, -0.05) is 39.7 Å². The summed E-state index contributed by atoms with van der Waals surface area (Å²) in [4.78, 5) is 16.1. The molecular formula is C21H15BrClFN2O2. The Morgan fingerprint density at radius 3 is 2.61 bits per heavy atom. The average molecular weight is 462 g/mol. The maximum atomic E-state index is 13.8. The maximum Gasteiger partial charge on any atom is 0.262 e. The third-order valence-corrected chi connectivity index (χ3v) is 4.48. The molecule has 0 bridgehead atoms. The monoisotopic (exact) mass is 460 g/mol. The van der Waals surface area contributed by atoms with E-state index in [-0.39, 0.29) is 18.2 Å². The van der Waals surface area contributed by atoms with Gasteiger partial charge in [0.25, 0.3) is 5.91 Å². The third-order valence-electron chi connectivity index (χ3n) is 3.66. The van der Waals surface area contributed by atoms with Crippen molar-refractivity contribution in [3.05, 3.63) is 87.6 Å². The number of rotatable bonds is 6. The van der Waals surface area contributed by atoms with Gasteiger partial charge in [-0.3, -0.25) is 9.79 Å². The lowest BCUT2D eigenvalue weighted by atomic mass is 10.2. The van der Waals surface area contributed by atoms with E-state index < -0.39 is 5.82 Å². The van der Waals surface area contributed by atoms with E-state index in [1.807, 2.05) is 0 Å². The molecule has 28 heavy (non-hydrogen) atoms. The molecule has 0 fully saturated rings. The smallest absolute Gasteiger partial charge is 0.262 e. The second kappa shape index (κ2) is 9.48. The Labute approximate surface area is 175 Å². The number of hydrogen-bond acceptors (Lipinski definition) is 3. The summed E-state index contributed by atoms with van der Waals surface area (Å²) in [6.45, 7) is -0.150. The summed E-state index contributed by atoms with van der Waals surface area (Å²) in [5.74, 6) is -0.194. The highest BCUT2D eigenvalue weighted by Crippen LogP contribution is 2.22. The molecule has 0 heterocycles. The molecule has 7 heteroatoms. The first-order valence-electron chi connectivity index (χ1n) is 8.27. The summed E-state index contributed by atoms with van der Waals surface area (Å²) >= 11 is 9.21. The van der Waals surface area contributed by atoms with Crippen molar-refractivity contribution in [1.29, 1.82) is 0 Å². The van der Waals surface area contributed by atoms with Gasteiger partial charge < -0.3 is 10.1 Å². The molecule has 3 rings (SSSR count). The molecular weight excluding hydrogens is 447 g/mol. The number of benzene rings is 3. The quantitative estimate of drug-likeness (QED) is 0.457. The van der Waals surface area contributed by atoms with Crippen LogP contribution in [0.1, 0.15) is 5.56 Å². The fraction of sp³-hybridized carbons (Fsp3) is 0.0476. The molecule has 1 N–H and O–H groups in total. The van der Waals surface area contributed by atoms with Gasteiger partial charge in [0.1, 0.15) is 11.6 Å². The third kappa shape index (κ3) is 5.65. The van der Waals surface area contributed by atoms with Gasteiger partial charge in [0.2, 0.25) is 0 Å². The minimum atomic E-state index is -0.407. The van der Waals surface area contributed by atoms with E-state index in [1.54, 1.807) is 66.9 Å². The van der Waals surface area contributed by atoms with Crippen LogP contribution in [0.4, 0.5) is 15.8 Å². The standard InChI is InChI=1S/C21H15BrClFN2O2/c22-15-7-10-20(18(24)11-15)25-12-14-5-8-16(9-6-14)28-13-21(27)26-19-4-2-1-3-17(19)23/h1-12H,13H2,(H,26,27). The number of para-hydroxylation sites is 1. The predicted molar refractivity (Wildman–Crippen MR) is 113 cm³/mol. The highest BCUT2D eigenvalue weighted by atomic mass is 79.9. The molecule has 142 valence electrons. The number of aliphatic imine (C=N–C) groups is 1. The molecule has 0 aromatic heterocycles. The van der Waals surface area contributed by atoms with Gasteiger partial charge in [0.15, 0.2) is 6.61 Å². The summed E-state index contributed by atoms with van der Waals surface area (Å²) in [6.07, 6.45) is 1.56. The van der Waals surface area contributed by atoms with Crippen LogP contribution in [0, 0.1) is 5.82 Å². The molecule has 0 radical (unpaired) electrons. The highest BCUT2D eigenvalue weighted by Gasteiger charge is 2.06. The molecule has 3 aromatic rings. The molecule has 0 saturated heterocycles. The van der Waals surface area contributed by atoms with Gasteiger partial charge in [0, 0.05) is 10.7 Å². The van der Waals surface area contributed by atoms with Crippen molar-refractivity contribution in [2.24, 2.45) is 4.99 Å². The molecule has 0 aliphatic rings. The van der Waals surface area contributed by atoms with Crippen LogP contribution >= 0.6 is 27.5 Å². The molecule has 4 nitrogen and oxygen atoms in total. The van der Waals surface area contributed by atoms with Gasteiger partial charge >= 0.3 is 0 Å². The van der Waals surface area contributed by atoms with Crippen molar-refractivity contribution in [2.45, 2.75) is 0 Å². The number of halogens is 3.